The van der Waals surface area contributed by atoms with Gasteiger partial charge in [-0.1, -0.05) is 0 Å². The van der Waals surface area contributed by atoms with Crippen LogP contribution in [0.5, 0.6) is 0 Å². The molecule has 0 aromatic carbocycles. The number of hydrogen-bond donors (Lipinski definition) is 1. The first-order valence-electron chi connectivity index (χ1n) is 7.11. The van der Waals surface area contributed by atoms with Gasteiger partial charge in [-0.15, -0.1) is 0 Å². The monoisotopic (exact) mass is 317 g/mol. The molecule has 4 rings (SSSR count). The zero-order chi connectivity index (χ0) is 15.9. The molecule has 4 nitrogen and oxygen atoms in total. The third kappa shape index (κ3) is 2.92. The predicted molar refractivity (Wildman–Crippen MR) is 69.6 cm³/mol. The quantitative estimate of drug-likeness (QED) is 0.671. The van der Waals surface area contributed by atoms with E-state index in [0.29, 0.717) is 12.0 Å². The van der Waals surface area contributed by atoms with Crippen LogP contribution in [0.25, 0.3) is 0 Å². The molecule has 22 heavy (non-hydrogen) atoms. The minimum Gasteiger partial charge on any atom is -0.346 e. The summed E-state index contributed by atoms with van der Waals surface area (Å²) in [6, 6.07) is 1.40. The highest BCUT2D eigenvalue weighted by Gasteiger charge is 2.37. The van der Waals surface area contributed by atoms with Gasteiger partial charge in [0.2, 0.25) is 5.95 Å². The van der Waals surface area contributed by atoms with Crippen molar-refractivity contribution in [2.75, 3.05) is 19.6 Å². The summed E-state index contributed by atoms with van der Waals surface area (Å²) in [6.07, 6.45) is -2.85. The summed E-state index contributed by atoms with van der Waals surface area (Å²) in [5, 5.41) is 2.76. The van der Waals surface area contributed by atoms with Gasteiger partial charge in [0.15, 0.2) is 0 Å². The molecule has 3 aliphatic rings. The highest BCUT2D eigenvalue weighted by atomic mass is 19.4. The smallest absolute Gasteiger partial charge is 0.346 e. The van der Waals surface area contributed by atoms with E-state index in [4.69, 9.17) is 0 Å². The first-order valence-corrected chi connectivity index (χ1v) is 7.11. The van der Waals surface area contributed by atoms with Gasteiger partial charge in [-0.3, -0.25) is 4.79 Å². The van der Waals surface area contributed by atoms with E-state index in [0.717, 1.165) is 38.5 Å². The van der Waals surface area contributed by atoms with Crippen molar-refractivity contribution in [3.05, 3.63) is 29.3 Å². The van der Waals surface area contributed by atoms with Crippen LogP contribution in [0, 0.1) is 11.9 Å². The maximum absolute atomic E-state index is 13.4. The van der Waals surface area contributed by atoms with E-state index in [-0.39, 0.29) is 11.7 Å². The highest BCUT2D eigenvalue weighted by Crippen LogP contribution is 2.31. The Hall–Kier alpha value is -1.70. The molecule has 0 spiro atoms. The number of nitrogens with one attached hydrogen (secondary N) is 1. The van der Waals surface area contributed by atoms with E-state index in [1.807, 2.05) is 0 Å². The zero-order valence-corrected chi connectivity index (χ0v) is 11.7. The Bertz CT molecular complexity index is 582. The van der Waals surface area contributed by atoms with Gasteiger partial charge in [-0.05, 0) is 44.0 Å². The normalized spacial score (nSPS) is 27.7. The number of alkyl halides is 3. The van der Waals surface area contributed by atoms with Gasteiger partial charge in [0, 0.05) is 12.6 Å². The fraction of sp³-hybridized carbons (Fsp3) is 0.571. The third-order valence-corrected chi connectivity index (χ3v) is 4.36. The Morgan fingerprint density at radius 2 is 1.95 bits per heavy atom. The summed E-state index contributed by atoms with van der Waals surface area (Å²) >= 11 is 0. The van der Waals surface area contributed by atoms with Gasteiger partial charge >= 0.3 is 6.18 Å². The van der Waals surface area contributed by atoms with Gasteiger partial charge in [0.25, 0.3) is 5.91 Å². The van der Waals surface area contributed by atoms with E-state index in [1.54, 1.807) is 0 Å². The summed E-state index contributed by atoms with van der Waals surface area (Å²) in [5.41, 5.74) is -1.80. The van der Waals surface area contributed by atoms with Crippen molar-refractivity contribution in [1.82, 2.24) is 15.2 Å². The molecule has 3 aliphatic heterocycles. The molecule has 0 aliphatic carbocycles. The lowest BCUT2D eigenvalue weighted by Crippen LogP contribution is -2.57. The number of nitrogens with zero attached hydrogens (tertiary/aromatic N) is 2. The fourth-order valence-electron chi connectivity index (χ4n) is 3.14. The zero-order valence-electron chi connectivity index (χ0n) is 11.7. The molecule has 1 amide bonds. The van der Waals surface area contributed by atoms with Gasteiger partial charge in [-0.2, -0.15) is 17.6 Å². The minimum atomic E-state index is -4.82. The van der Waals surface area contributed by atoms with Crippen LogP contribution in [0.2, 0.25) is 0 Å². The molecule has 0 saturated carbocycles. The van der Waals surface area contributed by atoms with Crippen LogP contribution in [0.15, 0.2) is 12.1 Å². The number of pyridine rings is 1. The van der Waals surface area contributed by atoms with Crippen LogP contribution in [0.4, 0.5) is 17.6 Å². The Kier molecular flexibility index (Phi) is 3.80. The number of amides is 1. The Morgan fingerprint density at radius 1 is 1.27 bits per heavy atom. The number of halogens is 4. The molecule has 1 N–H and O–H groups in total. The van der Waals surface area contributed by atoms with E-state index >= 15 is 0 Å². The molecule has 1 aromatic heterocycles. The lowest BCUT2D eigenvalue weighted by molar-refractivity contribution is -0.140. The first kappa shape index (κ1) is 15.2. The molecule has 2 bridgehead atoms. The number of rotatable bonds is 2. The maximum Gasteiger partial charge on any atom is 0.420 e. The molecule has 1 aromatic rings. The molecule has 3 saturated heterocycles. The molecule has 8 heteroatoms. The molecule has 1 unspecified atom stereocenters. The summed E-state index contributed by atoms with van der Waals surface area (Å²) < 4.78 is 50.8. The average Bonchev–Trinajstić information content (AvgIpc) is 2.47. The number of hydrogen-bond acceptors (Lipinski definition) is 3. The summed E-state index contributed by atoms with van der Waals surface area (Å²) in [7, 11) is 0. The van der Waals surface area contributed by atoms with Crippen LogP contribution in [-0.2, 0) is 6.18 Å². The SMILES string of the molecule is O=C(NC1CN2CCC1CC2)c1ccc(C(F)(F)F)c(F)n1. The Morgan fingerprint density at radius 3 is 2.45 bits per heavy atom. The number of carbonyl (C=O) groups excluding carboxylic acids is 1. The Balaban J connectivity index is 1.71. The van der Waals surface area contributed by atoms with Crippen molar-refractivity contribution in [2.45, 2.75) is 25.1 Å². The van der Waals surface area contributed by atoms with Crippen molar-refractivity contribution in [1.29, 1.82) is 0 Å². The maximum atomic E-state index is 13.4. The number of aromatic nitrogens is 1. The van der Waals surface area contributed by atoms with Crippen LogP contribution < -0.4 is 5.32 Å². The second-order valence-electron chi connectivity index (χ2n) is 5.75. The van der Waals surface area contributed by atoms with Crippen molar-refractivity contribution in [2.24, 2.45) is 5.92 Å². The van der Waals surface area contributed by atoms with Crippen molar-refractivity contribution >= 4 is 5.91 Å². The van der Waals surface area contributed by atoms with E-state index < -0.39 is 23.6 Å². The topological polar surface area (TPSA) is 45.2 Å². The van der Waals surface area contributed by atoms with E-state index in [9.17, 15) is 22.4 Å². The van der Waals surface area contributed by atoms with Gasteiger partial charge in [0.1, 0.15) is 11.3 Å². The first-order chi connectivity index (χ1) is 10.3. The van der Waals surface area contributed by atoms with Gasteiger partial charge in [-0.25, -0.2) is 4.98 Å². The molecule has 3 fully saturated rings. The van der Waals surface area contributed by atoms with Crippen LogP contribution in [0.3, 0.4) is 0 Å². The second kappa shape index (κ2) is 5.49. The minimum absolute atomic E-state index is 0.0536. The number of carbonyl (C=O) groups is 1. The summed E-state index contributed by atoms with van der Waals surface area (Å²) in [4.78, 5) is 17.4. The van der Waals surface area contributed by atoms with E-state index in [1.165, 1.54) is 0 Å². The van der Waals surface area contributed by atoms with E-state index in [2.05, 4.69) is 15.2 Å². The Labute approximate surface area is 124 Å². The predicted octanol–water partition coefficient (Wildman–Crippen LogP) is 2.06. The van der Waals surface area contributed by atoms with Crippen molar-refractivity contribution in [3.8, 4) is 0 Å². The second-order valence-corrected chi connectivity index (χ2v) is 5.75. The molecular formula is C14H15F4N3O. The third-order valence-electron chi connectivity index (χ3n) is 4.36. The standard InChI is InChI=1S/C14H15F4N3O/c15-12-9(14(16,17)18)1-2-10(19-12)13(22)20-11-7-21-5-3-8(11)4-6-21/h1-2,8,11H,3-7H2,(H,20,22). The van der Waals surface area contributed by atoms with Crippen molar-refractivity contribution in [3.63, 3.8) is 0 Å². The van der Waals surface area contributed by atoms with Gasteiger partial charge in [0.05, 0.1) is 0 Å². The lowest BCUT2D eigenvalue weighted by atomic mass is 9.84. The van der Waals surface area contributed by atoms with Crippen LogP contribution in [0.1, 0.15) is 28.9 Å². The molecule has 120 valence electrons. The highest BCUT2D eigenvalue weighted by molar-refractivity contribution is 5.92. The molecule has 0 radical (unpaired) electrons. The molecule has 1 atom stereocenters. The number of piperidine rings is 3. The van der Waals surface area contributed by atoms with Crippen molar-refractivity contribution < 1.29 is 22.4 Å². The van der Waals surface area contributed by atoms with Crippen LogP contribution >= 0.6 is 0 Å². The molecular weight excluding hydrogens is 302 g/mol. The molecule has 4 heterocycles. The summed E-state index contributed by atoms with van der Waals surface area (Å²) in [6.45, 7) is 2.73. The fourth-order valence-corrected chi connectivity index (χ4v) is 3.14. The largest absolute Gasteiger partial charge is 0.420 e. The average molecular weight is 317 g/mol. The van der Waals surface area contributed by atoms with Crippen LogP contribution in [-0.4, -0.2) is 41.5 Å². The lowest BCUT2D eigenvalue weighted by Gasteiger charge is -2.44. The summed E-state index contributed by atoms with van der Waals surface area (Å²) in [5.74, 6) is -1.94. The van der Waals surface area contributed by atoms with Gasteiger partial charge < -0.3 is 10.2 Å². The number of fused-ring (bicyclic) bond motifs is 3.